The average Bonchev–Trinajstić information content (AvgIpc) is 1.93. The van der Waals surface area contributed by atoms with Gasteiger partial charge in [0.15, 0.2) is 20.5 Å². The SMILES string of the molecule is C.C.CC(C)(C)OC(=O)Nc1ncc(C(O)c2cccc(F)c2)s1.CC(C)(C)OC(=O)Nc1nccs1.CN1N=C(C(=O)Nc2ncc(Cc3cccc(F)c3)s2)CCC1=O.CN1N=C(C(=O)O)CCC1=O.Nc1ncc(Cc2cccc(F)c2)s1.O=Cc1cccc(F)c1. The summed E-state index contributed by atoms with van der Waals surface area (Å²) >= 11 is 5.21. The number of nitrogens with one attached hydrogen (secondary N) is 3. The van der Waals surface area contributed by atoms with Crippen molar-refractivity contribution in [3.8, 4) is 0 Å². The van der Waals surface area contributed by atoms with Gasteiger partial charge in [-0.15, -0.1) is 34.0 Å². The third-order valence-corrected chi connectivity index (χ3v) is 14.8. The number of aromatic nitrogens is 4. The molecule has 6 heterocycles. The molecule has 23 nitrogen and oxygen atoms in total. The second kappa shape index (κ2) is 38.5. The Morgan fingerprint density at radius 3 is 1.56 bits per heavy atom. The van der Waals surface area contributed by atoms with Gasteiger partial charge in [0, 0.05) is 98.1 Å². The van der Waals surface area contributed by atoms with Crippen molar-refractivity contribution in [2.75, 3.05) is 35.8 Å². The fourth-order valence-electron chi connectivity index (χ4n) is 7.33. The first-order valence-corrected chi connectivity index (χ1v) is 31.1. The number of rotatable bonds is 12. The van der Waals surface area contributed by atoms with Crippen molar-refractivity contribution in [3.05, 3.63) is 187 Å². The molecule has 0 spiro atoms. The number of carboxylic acids is 1. The zero-order chi connectivity index (χ0) is 68.4. The summed E-state index contributed by atoms with van der Waals surface area (Å²) in [6.07, 6.45) is 7.26. The minimum Gasteiger partial charge on any atom is -0.477 e. The van der Waals surface area contributed by atoms with Crippen LogP contribution in [0.5, 0.6) is 0 Å². The number of nitrogens with zero attached hydrogens (tertiary/aromatic N) is 8. The Kier molecular flexibility index (Phi) is 32.2. The van der Waals surface area contributed by atoms with Gasteiger partial charge < -0.3 is 25.4 Å². The minimum atomic E-state index is -1.05. The summed E-state index contributed by atoms with van der Waals surface area (Å²) < 4.78 is 61.6. The van der Waals surface area contributed by atoms with Crippen molar-refractivity contribution in [2.45, 2.75) is 112 Å². The van der Waals surface area contributed by atoms with E-state index < -0.39 is 41.3 Å². The summed E-state index contributed by atoms with van der Waals surface area (Å²) in [5.74, 6) is -2.95. The van der Waals surface area contributed by atoms with Crippen LogP contribution >= 0.6 is 45.3 Å². The van der Waals surface area contributed by atoms with Crippen LogP contribution in [-0.4, -0.2) is 119 Å². The maximum atomic E-state index is 13.2. The van der Waals surface area contributed by atoms with Gasteiger partial charge in [-0.1, -0.05) is 74.7 Å². The van der Waals surface area contributed by atoms with Gasteiger partial charge in [0.2, 0.25) is 11.8 Å². The van der Waals surface area contributed by atoms with Crippen molar-refractivity contribution in [2.24, 2.45) is 10.2 Å². The number of aliphatic hydroxyl groups excluding tert-OH is 1. The largest absolute Gasteiger partial charge is 0.477 e. The standard InChI is InChI=1S/C16H15FN4O2S.C15H17FN2O3S.C10H9FN2S.C8H12N2O2S.C7H5FO.C6H8N2O3.2CH4/c1-21-14(22)6-5-13(20-21)15(23)19-16-18-9-12(24-16)8-10-3-2-4-11(17)7-10;1-15(2,3)21-14(20)18-13-17-8-11(22-13)12(19)9-5-4-6-10(16)7-9;11-8-3-1-2-7(4-8)5-9-6-13-10(12)14-9;1-8(2,3)12-7(11)10-6-9-4-5-13-6;8-7-3-1-2-6(4-7)5-9;1-8-5(9)3-2-4(7-8)6(10)11;;/h2-4,7,9H,5-6,8H2,1H3,(H,18,19,23);4-8,12,19H,1-3H3,(H,17,18,20);1-4,6H,5H2,(H2,12,13);4-5H,1-3H3,(H,9,10,11);1-5H;2-3H2,1H3,(H,10,11);2*1H4. The maximum Gasteiger partial charge on any atom is 0.413 e. The number of carboxylic acid groups (broad SMARTS) is 1. The Morgan fingerprint density at radius 1 is 0.621 bits per heavy atom. The van der Waals surface area contributed by atoms with E-state index in [1.54, 1.807) is 69.0 Å². The van der Waals surface area contributed by atoms with Crippen molar-refractivity contribution < 1.29 is 70.8 Å². The fraction of sp³-hybridized carbons (Fsp3) is 0.297. The van der Waals surface area contributed by atoms with Crippen LogP contribution in [0.4, 0.5) is 47.7 Å². The number of aliphatic hydroxyl groups is 1. The third kappa shape index (κ3) is 29.9. The van der Waals surface area contributed by atoms with E-state index in [1.165, 1.54) is 120 Å². The van der Waals surface area contributed by atoms with E-state index in [1.807, 2.05) is 32.9 Å². The lowest BCUT2D eigenvalue weighted by molar-refractivity contribution is -0.132. The summed E-state index contributed by atoms with van der Waals surface area (Å²) in [7, 11) is 2.97. The van der Waals surface area contributed by atoms with Crippen molar-refractivity contribution in [1.29, 1.82) is 0 Å². The van der Waals surface area contributed by atoms with Gasteiger partial charge >= 0.3 is 18.2 Å². The van der Waals surface area contributed by atoms with E-state index in [-0.39, 0.29) is 75.0 Å². The molecule has 31 heteroatoms. The number of aldehydes is 1. The number of hydrogen-bond acceptors (Lipinski definition) is 21. The van der Waals surface area contributed by atoms with Crippen LogP contribution in [0.2, 0.25) is 0 Å². The zero-order valence-corrected chi connectivity index (χ0v) is 54.7. The van der Waals surface area contributed by atoms with Crippen LogP contribution in [0.15, 0.2) is 137 Å². The third-order valence-electron chi connectivity index (χ3n) is 11.4. The Labute approximate surface area is 562 Å². The summed E-state index contributed by atoms with van der Waals surface area (Å²) in [4.78, 5) is 95.9. The van der Waals surface area contributed by atoms with Gasteiger partial charge in [0.25, 0.3) is 5.91 Å². The second-order valence-electron chi connectivity index (χ2n) is 21.4. The summed E-state index contributed by atoms with van der Waals surface area (Å²) in [6.45, 7) is 10.7. The van der Waals surface area contributed by atoms with E-state index in [0.29, 0.717) is 67.8 Å². The summed E-state index contributed by atoms with van der Waals surface area (Å²) in [5.41, 5.74) is 7.35. The first-order valence-electron chi connectivity index (χ1n) is 27.8. The first-order chi connectivity index (χ1) is 43.9. The van der Waals surface area contributed by atoms with Gasteiger partial charge in [-0.05, 0) is 107 Å². The molecule has 508 valence electrons. The fourth-order valence-corrected chi connectivity index (χ4v) is 10.2. The molecule has 4 aromatic heterocycles. The molecule has 95 heavy (non-hydrogen) atoms. The number of carbonyl (C=O) groups is 7. The highest BCUT2D eigenvalue weighted by atomic mass is 32.1. The van der Waals surface area contributed by atoms with Gasteiger partial charge in [0.05, 0.1) is 4.88 Å². The molecular formula is C64H74F4N12O11S4. The molecule has 1 unspecified atom stereocenters. The molecule has 10 rings (SSSR count). The number of aliphatic carboxylic acids is 1. The molecule has 0 bridgehead atoms. The monoisotopic (exact) mass is 1390 g/mol. The Morgan fingerprint density at radius 2 is 1.09 bits per heavy atom. The van der Waals surface area contributed by atoms with E-state index in [0.717, 1.165) is 37.2 Å². The Balaban J connectivity index is 0.000000306. The molecule has 0 saturated carbocycles. The summed E-state index contributed by atoms with van der Waals surface area (Å²) in [5, 5.41) is 39.8. The smallest absolute Gasteiger partial charge is 0.413 e. The van der Waals surface area contributed by atoms with Gasteiger partial charge in [0.1, 0.15) is 58.3 Å². The number of halogens is 4. The van der Waals surface area contributed by atoms with Gasteiger partial charge in [-0.3, -0.25) is 35.1 Å². The van der Waals surface area contributed by atoms with Gasteiger partial charge in [-0.2, -0.15) is 10.2 Å². The number of nitrogen functional groups attached to an aromatic ring is 1. The topological polar surface area (TPSA) is 323 Å². The molecule has 0 fully saturated rings. The molecule has 4 aromatic carbocycles. The van der Waals surface area contributed by atoms with Crippen molar-refractivity contribution in [3.63, 3.8) is 0 Å². The van der Waals surface area contributed by atoms with E-state index in [2.05, 4.69) is 46.1 Å². The zero-order valence-electron chi connectivity index (χ0n) is 51.4. The van der Waals surface area contributed by atoms with Crippen LogP contribution in [0.1, 0.15) is 130 Å². The molecular weight excluding hydrogens is 1320 g/mol. The van der Waals surface area contributed by atoms with Crippen molar-refractivity contribution in [1.82, 2.24) is 30.0 Å². The molecule has 2 aliphatic rings. The molecule has 2 aliphatic heterocycles. The van der Waals surface area contributed by atoms with Crippen LogP contribution in [0.3, 0.4) is 0 Å². The lowest BCUT2D eigenvalue weighted by Gasteiger charge is -2.18. The molecule has 7 N–H and O–H groups in total. The predicted octanol–water partition coefficient (Wildman–Crippen LogP) is 13.7. The second-order valence-corrected chi connectivity index (χ2v) is 25.6. The average molecular weight is 1390 g/mol. The number of amides is 5. The number of anilines is 4. The summed E-state index contributed by atoms with van der Waals surface area (Å²) in [6, 6.07) is 24.2. The van der Waals surface area contributed by atoms with Crippen LogP contribution in [0, 0.1) is 23.3 Å². The highest BCUT2D eigenvalue weighted by molar-refractivity contribution is 7.16. The lowest BCUT2D eigenvalue weighted by atomic mass is 10.1. The lowest BCUT2D eigenvalue weighted by Crippen LogP contribution is -2.34. The maximum absolute atomic E-state index is 13.2. The molecule has 5 amide bonds. The Bertz CT molecular complexity index is 3890. The van der Waals surface area contributed by atoms with E-state index in [9.17, 15) is 56.2 Å². The quantitative estimate of drug-likeness (QED) is 0.0489. The highest BCUT2D eigenvalue weighted by Crippen LogP contribution is 2.30. The number of hydrazone groups is 2. The van der Waals surface area contributed by atoms with Gasteiger partial charge in [-0.25, -0.2) is 61.9 Å². The predicted molar refractivity (Wildman–Crippen MR) is 362 cm³/mol. The minimum absolute atomic E-state index is 0. The Hall–Kier alpha value is -9.69. The number of ether oxygens (including phenoxy) is 2. The molecule has 0 radical (unpaired) electrons. The number of carbonyl (C=O) groups excluding carboxylic acids is 6. The van der Waals surface area contributed by atoms with Crippen LogP contribution in [-0.2, 0) is 41.5 Å². The van der Waals surface area contributed by atoms with Crippen LogP contribution < -0.4 is 21.7 Å². The molecule has 0 aliphatic carbocycles. The number of hydrogen-bond donors (Lipinski definition) is 6. The first kappa shape index (κ1) is 79.5. The normalized spacial score (nSPS) is 12.6. The van der Waals surface area contributed by atoms with Crippen molar-refractivity contribution >= 4 is 119 Å². The number of benzene rings is 4. The molecule has 8 aromatic rings. The van der Waals surface area contributed by atoms with E-state index in [4.69, 9.17) is 20.3 Å². The number of thiazole rings is 4. The molecule has 1 atom stereocenters. The van der Waals surface area contributed by atoms with Crippen LogP contribution in [0.25, 0.3) is 0 Å². The highest BCUT2D eigenvalue weighted by Gasteiger charge is 2.24. The van der Waals surface area contributed by atoms with E-state index >= 15 is 0 Å². The number of nitrogens with two attached hydrogens (primary N) is 1. The molecule has 0 saturated heterocycles.